The number of allylic oxidation sites excluding steroid dienone is 2. The third-order valence-corrected chi connectivity index (χ3v) is 7.02. The van der Waals surface area contributed by atoms with Crippen LogP contribution >= 0.6 is 0 Å². The minimum Gasteiger partial charge on any atom is -0.380 e. The highest BCUT2D eigenvalue weighted by Crippen LogP contribution is 2.35. The van der Waals surface area contributed by atoms with E-state index in [1.165, 1.54) is 11.4 Å². The number of aromatic nitrogens is 1. The second-order valence-corrected chi connectivity index (χ2v) is 9.02. The number of nitriles is 1. The zero-order chi connectivity index (χ0) is 21.9. The minimum absolute atomic E-state index is 0.0446. The number of nitrogens with zero attached hydrogens (tertiary/aromatic N) is 4. The summed E-state index contributed by atoms with van der Waals surface area (Å²) in [4.78, 5) is 9.41. The van der Waals surface area contributed by atoms with E-state index in [1.807, 2.05) is 6.07 Å². The van der Waals surface area contributed by atoms with Gasteiger partial charge in [0.05, 0.1) is 37.0 Å². The van der Waals surface area contributed by atoms with Crippen molar-refractivity contribution in [2.24, 2.45) is 5.92 Å². The van der Waals surface area contributed by atoms with E-state index >= 15 is 0 Å². The summed E-state index contributed by atoms with van der Waals surface area (Å²) in [7, 11) is 1.81. The molecule has 1 aromatic heterocycles. The molecule has 2 atom stereocenters. The highest BCUT2D eigenvalue weighted by atomic mass is 16.5. The Labute approximate surface area is 189 Å². The molecule has 5 rings (SSSR count). The van der Waals surface area contributed by atoms with Crippen molar-refractivity contribution in [3.8, 4) is 6.07 Å². The third kappa shape index (κ3) is 4.33. The summed E-state index contributed by atoms with van der Waals surface area (Å²) in [6, 6.07) is 6.09. The second kappa shape index (κ2) is 9.49. The second-order valence-electron chi connectivity index (χ2n) is 9.02. The molecule has 0 bridgehead atoms. The highest BCUT2D eigenvalue weighted by molar-refractivity contribution is 5.46. The van der Waals surface area contributed by atoms with Crippen LogP contribution < -0.4 is 10.6 Å². The molecule has 0 spiro atoms. The average Bonchev–Trinajstić information content (AvgIpc) is 3.29. The molecule has 3 saturated heterocycles. The average molecular weight is 437 g/mol. The summed E-state index contributed by atoms with van der Waals surface area (Å²) in [5, 5.41) is 16.4. The Morgan fingerprint density at radius 1 is 1.28 bits per heavy atom. The Morgan fingerprint density at radius 2 is 2.12 bits per heavy atom. The number of hydrogen-bond donors (Lipinski definition) is 2. The standard InChI is InChI=1S/C24H32N6O2/c1-31-21-5-9-29(14-21)24-12-19(18-3-6-26-7-4-18)11-23(30(24)20-15-32-16-20)28-22-10-17(13-25)2-8-27-22/h2,8,10-12,18,20-21,23,26H,3-7,9,14-16H2,1H3,(H,27,28). The lowest BCUT2D eigenvalue weighted by Crippen LogP contribution is -2.58. The molecule has 0 saturated carbocycles. The van der Waals surface area contributed by atoms with Crippen molar-refractivity contribution in [1.82, 2.24) is 20.1 Å². The van der Waals surface area contributed by atoms with Gasteiger partial charge in [-0.2, -0.15) is 5.26 Å². The molecule has 2 unspecified atom stereocenters. The van der Waals surface area contributed by atoms with Crippen LogP contribution in [0, 0.1) is 17.2 Å². The number of rotatable bonds is 6. The smallest absolute Gasteiger partial charge is 0.129 e. The first-order valence-electron chi connectivity index (χ1n) is 11.7. The molecule has 4 aliphatic rings. The van der Waals surface area contributed by atoms with Gasteiger partial charge in [-0.05, 0) is 68.1 Å². The number of anilines is 1. The molecule has 8 heteroatoms. The highest BCUT2D eigenvalue weighted by Gasteiger charge is 2.39. The van der Waals surface area contributed by atoms with Crippen LogP contribution in [0.1, 0.15) is 24.8 Å². The molecule has 5 heterocycles. The zero-order valence-corrected chi connectivity index (χ0v) is 18.7. The number of methoxy groups -OCH3 is 1. The molecule has 0 radical (unpaired) electrons. The lowest BCUT2D eigenvalue weighted by atomic mass is 9.87. The van der Waals surface area contributed by atoms with E-state index in [0.29, 0.717) is 17.5 Å². The van der Waals surface area contributed by atoms with Gasteiger partial charge in [0.1, 0.15) is 17.8 Å². The Bertz CT molecular complexity index is 915. The molecule has 3 fully saturated rings. The largest absolute Gasteiger partial charge is 0.380 e. The number of likely N-dealkylation sites (tertiary alicyclic amines) is 1. The van der Waals surface area contributed by atoms with Gasteiger partial charge in [-0.3, -0.25) is 0 Å². The summed E-state index contributed by atoms with van der Waals surface area (Å²) in [6.07, 6.45) is 10.0. The maximum Gasteiger partial charge on any atom is 0.129 e. The van der Waals surface area contributed by atoms with Crippen molar-refractivity contribution in [2.75, 3.05) is 51.8 Å². The summed E-state index contributed by atoms with van der Waals surface area (Å²) in [5.74, 6) is 2.52. The van der Waals surface area contributed by atoms with E-state index in [9.17, 15) is 5.26 Å². The van der Waals surface area contributed by atoms with Crippen LogP contribution in [-0.4, -0.2) is 79.6 Å². The Kier molecular flexibility index (Phi) is 6.30. The van der Waals surface area contributed by atoms with Crippen LogP contribution in [0.15, 0.2) is 41.9 Å². The lowest BCUT2D eigenvalue weighted by molar-refractivity contribution is -0.0679. The van der Waals surface area contributed by atoms with Gasteiger partial charge in [0.2, 0.25) is 0 Å². The van der Waals surface area contributed by atoms with Crippen LogP contribution in [0.3, 0.4) is 0 Å². The molecular formula is C24H32N6O2. The van der Waals surface area contributed by atoms with Gasteiger partial charge in [-0.1, -0.05) is 0 Å². The number of nitrogens with one attached hydrogen (secondary N) is 2. The molecular weight excluding hydrogens is 404 g/mol. The molecule has 4 aliphatic heterocycles. The van der Waals surface area contributed by atoms with Crippen LogP contribution in [0.4, 0.5) is 5.82 Å². The molecule has 170 valence electrons. The normalized spacial score (nSPS) is 26.9. The molecule has 32 heavy (non-hydrogen) atoms. The van der Waals surface area contributed by atoms with Crippen LogP contribution in [0.5, 0.6) is 0 Å². The Hall–Kier alpha value is -2.60. The zero-order valence-electron chi connectivity index (χ0n) is 18.7. The Balaban J connectivity index is 1.49. The third-order valence-electron chi connectivity index (χ3n) is 7.02. The minimum atomic E-state index is -0.0446. The maximum atomic E-state index is 9.32. The van der Waals surface area contributed by atoms with Gasteiger partial charge in [-0.25, -0.2) is 4.98 Å². The van der Waals surface area contributed by atoms with Crippen LogP contribution in [0.2, 0.25) is 0 Å². The molecule has 2 N–H and O–H groups in total. The maximum absolute atomic E-state index is 9.32. The first kappa shape index (κ1) is 21.3. The van der Waals surface area contributed by atoms with Crippen molar-refractivity contribution >= 4 is 5.82 Å². The van der Waals surface area contributed by atoms with Gasteiger partial charge in [-0.15, -0.1) is 0 Å². The van der Waals surface area contributed by atoms with E-state index in [1.54, 1.807) is 19.4 Å². The van der Waals surface area contributed by atoms with E-state index < -0.39 is 0 Å². The van der Waals surface area contributed by atoms with Crippen molar-refractivity contribution < 1.29 is 9.47 Å². The topological polar surface area (TPSA) is 85.7 Å². The van der Waals surface area contributed by atoms with E-state index in [0.717, 1.165) is 64.5 Å². The quantitative estimate of drug-likeness (QED) is 0.699. The van der Waals surface area contributed by atoms with E-state index in [2.05, 4.69) is 43.6 Å². The first-order chi connectivity index (χ1) is 15.7. The number of ether oxygens (including phenoxy) is 2. The molecule has 0 amide bonds. The number of hydrogen-bond acceptors (Lipinski definition) is 8. The van der Waals surface area contributed by atoms with E-state index in [-0.39, 0.29) is 12.3 Å². The Morgan fingerprint density at radius 3 is 2.81 bits per heavy atom. The van der Waals surface area contributed by atoms with Gasteiger partial charge in [0.15, 0.2) is 0 Å². The monoisotopic (exact) mass is 436 g/mol. The fourth-order valence-electron chi connectivity index (χ4n) is 5.11. The van der Waals surface area contributed by atoms with Crippen LogP contribution in [0.25, 0.3) is 0 Å². The van der Waals surface area contributed by atoms with Gasteiger partial charge in [0, 0.05) is 26.4 Å². The van der Waals surface area contributed by atoms with Crippen molar-refractivity contribution in [3.63, 3.8) is 0 Å². The van der Waals surface area contributed by atoms with E-state index in [4.69, 9.17) is 9.47 Å². The SMILES string of the molecule is COC1CCN(C2=CC(C3CCNCC3)=CC(Nc3cc(C#N)ccn3)N2C2COC2)C1. The van der Waals surface area contributed by atoms with Gasteiger partial charge in [0.25, 0.3) is 0 Å². The summed E-state index contributed by atoms with van der Waals surface area (Å²) in [5.41, 5.74) is 2.01. The van der Waals surface area contributed by atoms with Crippen LogP contribution in [-0.2, 0) is 9.47 Å². The fraction of sp³-hybridized carbons (Fsp3) is 0.583. The summed E-state index contributed by atoms with van der Waals surface area (Å²) in [6.45, 7) is 5.46. The molecule has 8 nitrogen and oxygen atoms in total. The molecule has 0 aromatic carbocycles. The predicted molar refractivity (Wildman–Crippen MR) is 122 cm³/mol. The summed E-state index contributed by atoms with van der Waals surface area (Å²) >= 11 is 0. The predicted octanol–water partition coefficient (Wildman–Crippen LogP) is 1.89. The fourth-order valence-corrected chi connectivity index (χ4v) is 5.11. The molecule has 0 aliphatic carbocycles. The van der Waals surface area contributed by atoms with Gasteiger partial charge < -0.3 is 29.9 Å². The van der Waals surface area contributed by atoms with Crippen molar-refractivity contribution in [3.05, 3.63) is 47.4 Å². The first-order valence-corrected chi connectivity index (χ1v) is 11.7. The number of pyridine rings is 1. The lowest BCUT2D eigenvalue weighted by Gasteiger charge is -2.48. The van der Waals surface area contributed by atoms with Gasteiger partial charge >= 0.3 is 0 Å². The van der Waals surface area contributed by atoms with Crippen molar-refractivity contribution in [2.45, 2.75) is 37.6 Å². The van der Waals surface area contributed by atoms with Crippen molar-refractivity contribution in [1.29, 1.82) is 5.26 Å². The number of piperidine rings is 1. The molecule has 1 aromatic rings. The summed E-state index contributed by atoms with van der Waals surface area (Å²) < 4.78 is 11.3.